The van der Waals surface area contributed by atoms with E-state index in [0.29, 0.717) is 9.26 Å². The van der Waals surface area contributed by atoms with Gasteiger partial charge in [-0.05, 0) is 35.6 Å². The second-order valence-electron chi connectivity index (χ2n) is 3.52. The highest BCUT2D eigenvalue weighted by Gasteiger charge is 2.32. The number of carbonyl (C=O) groups is 1. The first-order valence-corrected chi connectivity index (χ1v) is 7.03. The molecule has 9 heteroatoms. The Morgan fingerprint density at radius 3 is 2.60 bits per heavy atom. The summed E-state index contributed by atoms with van der Waals surface area (Å²) >= 11 is 7.33. The zero-order valence-electron chi connectivity index (χ0n) is 10.3. The second kappa shape index (κ2) is 7.30. The van der Waals surface area contributed by atoms with Gasteiger partial charge in [0.2, 0.25) is 0 Å². The topological polar surface area (TPSA) is 48.4 Å². The number of aromatic nitrogens is 1. The van der Waals surface area contributed by atoms with Crippen molar-refractivity contribution in [3.63, 3.8) is 0 Å². The van der Waals surface area contributed by atoms with E-state index in [2.05, 4.69) is 9.72 Å². The maximum Gasteiger partial charge on any atom is 0.573 e. The lowest BCUT2D eigenvalue weighted by molar-refractivity contribution is -0.275. The second-order valence-corrected chi connectivity index (χ2v) is 4.95. The molecule has 0 atom stereocenters. The van der Waals surface area contributed by atoms with Crippen molar-refractivity contribution in [2.75, 3.05) is 6.61 Å². The van der Waals surface area contributed by atoms with Crippen LogP contribution in [0.15, 0.2) is 6.07 Å². The Morgan fingerprint density at radius 2 is 2.10 bits per heavy atom. The summed E-state index contributed by atoms with van der Waals surface area (Å²) in [6.45, 7) is 1.87. The predicted molar refractivity (Wildman–Crippen MR) is 73.5 cm³/mol. The van der Waals surface area contributed by atoms with Gasteiger partial charge in [0.1, 0.15) is 0 Å². The molecule has 0 saturated heterocycles. The molecule has 1 heterocycles. The molecule has 112 valence electrons. The molecule has 0 aliphatic carbocycles. The number of pyridine rings is 1. The van der Waals surface area contributed by atoms with Gasteiger partial charge in [-0.1, -0.05) is 0 Å². The van der Waals surface area contributed by atoms with Gasteiger partial charge in [0, 0.05) is 3.57 Å². The van der Waals surface area contributed by atoms with Gasteiger partial charge in [0.25, 0.3) is 0 Å². The Balaban J connectivity index is 3.03. The van der Waals surface area contributed by atoms with Crippen molar-refractivity contribution < 1.29 is 27.4 Å². The van der Waals surface area contributed by atoms with Crippen LogP contribution in [0.25, 0.3) is 0 Å². The van der Waals surface area contributed by atoms with Gasteiger partial charge >= 0.3 is 12.3 Å². The molecule has 0 aromatic carbocycles. The standard InChI is InChI=1S/C11H10ClF3INO3/c1-2-19-10(18)4-7-6(16)3-9(8(5-12)17-7)20-11(13,14)15/h3H,2,4-5H2,1H3. The third-order valence-corrected chi connectivity index (χ3v) is 3.24. The highest BCUT2D eigenvalue weighted by Crippen LogP contribution is 2.29. The molecule has 0 radical (unpaired) electrons. The summed E-state index contributed by atoms with van der Waals surface area (Å²) in [7, 11) is 0. The van der Waals surface area contributed by atoms with Crippen LogP contribution in [0.4, 0.5) is 13.2 Å². The van der Waals surface area contributed by atoms with Crippen LogP contribution in [0.3, 0.4) is 0 Å². The summed E-state index contributed by atoms with van der Waals surface area (Å²) < 4.78 is 45.7. The number of ether oxygens (including phenoxy) is 2. The molecular formula is C11H10ClF3INO3. The van der Waals surface area contributed by atoms with Gasteiger partial charge in [-0.15, -0.1) is 24.8 Å². The molecule has 0 amide bonds. The number of carbonyl (C=O) groups excluding carboxylic acids is 1. The number of esters is 1. The maximum atomic E-state index is 12.2. The smallest absolute Gasteiger partial charge is 0.466 e. The Morgan fingerprint density at radius 1 is 1.45 bits per heavy atom. The van der Waals surface area contributed by atoms with E-state index in [0.717, 1.165) is 6.07 Å². The molecule has 1 aromatic heterocycles. The number of rotatable bonds is 5. The highest BCUT2D eigenvalue weighted by atomic mass is 127. The van der Waals surface area contributed by atoms with Gasteiger partial charge in [-0.2, -0.15) is 0 Å². The SMILES string of the molecule is CCOC(=O)Cc1nc(CCl)c(OC(F)(F)F)cc1I. The first kappa shape index (κ1) is 17.3. The molecule has 0 saturated carbocycles. The van der Waals surface area contributed by atoms with Crippen LogP contribution in [-0.4, -0.2) is 23.9 Å². The molecule has 0 spiro atoms. The zero-order valence-corrected chi connectivity index (χ0v) is 13.2. The fourth-order valence-electron chi connectivity index (χ4n) is 1.33. The Kier molecular flexibility index (Phi) is 6.31. The summed E-state index contributed by atoms with van der Waals surface area (Å²) in [6.07, 6.45) is -4.96. The van der Waals surface area contributed by atoms with Crippen molar-refractivity contribution in [2.24, 2.45) is 0 Å². The molecule has 20 heavy (non-hydrogen) atoms. The average Bonchev–Trinajstić information content (AvgIpc) is 2.31. The van der Waals surface area contributed by atoms with Gasteiger partial charge < -0.3 is 9.47 Å². The van der Waals surface area contributed by atoms with E-state index in [1.165, 1.54) is 0 Å². The Hall–Kier alpha value is -0.770. The minimum Gasteiger partial charge on any atom is -0.466 e. The van der Waals surface area contributed by atoms with Crippen LogP contribution in [0.1, 0.15) is 18.3 Å². The normalized spacial score (nSPS) is 11.3. The Labute approximate surface area is 131 Å². The van der Waals surface area contributed by atoms with E-state index in [1.54, 1.807) is 29.5 Å². The molecular weight excluding hydrogens is 413 g/mol. The first-order chi connectivity index (χ1) is 9.26. The molecule has 1 aromatic rings. The van der Waals surface area contributed by atoms with Crippen LogP contribution < -0.4 is 4.74 Å². The minimum absolute atomic E-state index is 0.0799. The molecule has 1 rings (SSSR count). The summed E-state index contributed by atoms with van der Waals surface area (Å²) in [5, 5.41) is 0. The molecule has 0 bridgehead atoms. The quantitative estimate of drug-likeness (QED) is 0.414. The lowest BCUT2D eigenvalue weighted by atomic mass is 10.2. The van der Waals surface area contributed by atoms with E-state index in [-0.39, 0.29) is 24.6 Å². The summed E-state index contributed by atoms with van der Waals surface area (Å²) in [4.78, 5) is 15.3. The van der Waals surface area contributed by atoms with Crippen molar-refractivity contribution in [3.8, 4) is 5.75 Å². The number of hydrogen-bond acceptors (Lipinski definition) is 4. The van der Waals surface area contributed by atoms with Crippen molar-refractivity contribution >= 4 is 40.2 Å². The molecule has 0 unspecified atom stereocenters. The van der Waals surface area contributed by atoms with Crippen LogP contribution in [0.2, 0.25) is 0 Å². The van der Waals surface area contributed by atoms with E-state index in [1.807, 2.05) is 0 Å². The average molecular weight is 424 g/mol. The minimum atomic E-state index is -4.83. The number of hydrogen-bond donors (Lipinski definition) is 0. The lowest BCUT2D eigenvalue weighted by Crippen LogP contribution is -2.19. The summed E-state index contributed by atoms with van der Waals surface area (Å²) in [5.41, 5.74) is 0.220. The highest BCUT2D eigenvalue weighted by molar-refractivity contribution is 14.1. The van der Waals surface area contributed by atoms with E-state index >= 15 is 0 Å². The van der Waals surface area contributed by atoms with Gasteiger partial charge in [0.15, 0.2) is 5.75 Å². The maximum absolute atomic E-state index is 12.2. The van der Waals surface area contributed by atoms with E-state index in [9.17, 15) is 18.0 Å². The van der Waals surface area contributed by atoms with Crippen molar-refractivity contribution in [2.45, 2.75) is 25.6 Å². The van der Waals surface area contributed by atoms with Crippen LogP contribution in [0, 0.1) is 3.57 Å². The van der Waals surface area contributed by atoms with Crippen LogP contribution in [0.5, 0.6) is 5.75 Å². The molecule has 0 aliphatic rings. The number of alkyl halides is 4. The molecule has 4 nitrogen and oxygen atoms in total. The van der Waals surface area contributed by atoms with Crippen molar-refractivity contribution in [3.05, 3.63) is 21.0 Å². The van der Waals surface area contributed by atoms with Crippen LogP contribution >= 0.6 is 34.2 Å². The van der Waals surface area contributed by atoms with Crippen molar-refractivity contribution in [1.82, 2.24) is 4.98 Å². The largest absolute Gasteiger partial charge is 0.573 e. The fraction of sp³-hybridized carbons (Fsp3) is 0.455. The van der Waals surface area contributed by atoms with Gasteiger partial charge in [-0.25, -0.2) is 0 Å². The predicted octanol–water partition coefficient (Wildman–Crippen LogP) is 3.43. The van der Waals surface area contributed by atoms with Crippen LogP contribution in [-0.2, 0) is 21.8 Å². The molecule has 0 fully saturated rings. The van der Waals surface area contributed by atoms with Gasteiger partial charge in [-0.3, -0.25) is 9.78 Å². The van der Waals surface area contributed by atoms with E-state index < -0.39 is 18.1 Å². The first-order valence-electron chi connectivity index (χ1n) is 5.42. The fourth-order valence-corrected chi connectivity index (χ4v) is 2.12. The van der Waals surface area contributed by atoms with Crippen molar-refractivity contribution in [1.29, 1.82) is 0 Å². The third kappa shape index (κ3) is 5.31. The molecule has 0 N–H and O–H groups in total. The summed E-state index contributed by atoms with van der Waals surface area (Å²) in [6, 6.07) is 1.15. The monoisotopic (exact) mass is 423 g/mol. The number of halogens is 5. The van der Waals surface area contributed by atoms with Gasteiger partial charge in [0.05, 0.1) is 30.3 Å². The van der Waals surface area contributed by atoms with E-state index in [4.69, 9.17) is 16.3 Å². The molecule has 0 aliphatic heterocycles. The lowest BCUT2D eigenvalue weighted by Gasteiger charge is -2.13. The Bertz CT molecular complexity index is 497. The summed E-state index contributed by atoms with van der Waals surface area (Å²) in [5.74, 6) is -1.24. The third-order valence-electron chi connectivity index (χ3n) is 2.06. The zero-order chi connectivity index (χ0) is 15.3. The number of nitrogens with zero attached hydrogens (tertiary/aromatic N) is 1.